The minimum Gasteiger partial charge on any atom is -0.354 e. The van der Waals surface area contributed by atoms with E-state index in [2.05, 4.69) is 15.4 Å². The Morgan fingerprint density at radius 2 is 1.86 bits per heavy atom. The van der Waals surface area contributed by atoms with Gasteiger partial charge in [-0.15, -0.1) is 0 Å². The van der Waals surface area contributed by atoms with Crippen LogP contribution in [0.25, 0.3) is 0 Å². The number of hydrogen-bond donors (Lipinski definition) is 1. The van der Waals surface area contributed by atoms with Crippen LogP contribution in [0.3, 0.4) is 0 Å². The van der Waals surface area contributed by atoms with E-state index in [1.54, 1.807) is 11.0 Å². The van der Waals surface area contributed by atoms with Crippen molar-refractivity contribution in [3.8, 4) is 0 Å². The monoisotopic (exact) mass is 293 g/mol. The molecule has 116 valence electrons. The predicted molar refractivity (Wildman–Crippen MR) is 77.3 cm³/mol. The van der Waals surface area contributed by atoms with Gasteiger partial charge in [0.05, 0.1) is 6.54 Å². The van der Waals surface area contributed by atoms with Crippen molar-refractivity contribution in [1.29, 1.82) is 0 Å². The maximum Gasteiger partial charge on any atom is 0.223 e. The van der Waals surface area contributed by atoms with Gasteiger partial charge in [-0.2, -0.15) is 5.10 Å². The van der Waals surface area contributed by atoms with Gasteiger partial charge in [0.25, 0.3) is 0 Å². The van der Waals surface area contributed by atoms with Crippen molar-refractivity contribution in [3.63, 3.8) is 0 Å². The summed E-state index contributed by atoms with van der Waals surface area (Å²) in [5.74, 6) is 0.0154. The summed E-state index contributed by atoms with van der Waals surface area (Å²) in [6.07, 6.45) is 8.18. The highest BCUT2D eigenvalue weighted by atomic mass is 16.2. The summed E-state index contributed by atoms with van der Waals surface area (Å²) >= 11 is 0. The van der Waals surface area contributed by atoms with E-state index in [1.165, 1.54) is 19.2 Å². The van der Waals surface area contributed by atoms with Crippen molar-refractivity contribution in [2.75, 3.05) is 19.6 Å². The van der Waals surface area contributed by atoms with E-state index in [-0.39, 0.29) is 18.2 Å². The summed E-state index contributed by atoms with van der Waals surface area (Å²) in [4.78, 5) is 29.5. The first kappa shape index (κ1) is 15.5. The van der Waals surface area contributed by atoms with Crippen LogP contribution >= 0.6 is 0 Å². The smallest absolute Gasteiger partial charge is 0.223 e. The third-order valence-electron chi connectivity index (χ3n) is 3.65. The van der Waals surface area contributed by atoms with Gasteiger partial charge in [-0.05, 0) is 12.8 Å². The van der Waals surface area contributed by atoms with Crippen molar-refractivity contribution in [3.05, 3.63) is 12.7 Å². The zero-order chi connectivity index (χ0) is 14.9. The number of rotatable bonds is 6. The molecule has 2 amide bonds. The first-order valence-corrected chi connectivity index (χ1v) is 7.62. The van der Waals surface area contributed by atoms with Crippen molar-refractivity contribution >= 4 is 11.8 Å². The molecule has 1 saturated heterocycles. The Morgan fingerprint density at radius 1 is 1.10 bits per heavy atom. The average Bonchev–Trinajstić information content (AvgIpc) is 2.85. The molecule has 0 aromatic carbocycles. The molecule has 0 aliphatic carbocycles. The fraction of sp³-hybridized carbons (Fsp3) is 0.714. The standard InChI is InChI=1S/C14H23N5O2/c20-13(16-7-10-19-12-15-11-17-19)5-6-14(21)18-8-3-1-2-4-9-18/h11-12H,1-10H2,(H,16,20). The van der Waals surface area contributed by atoms with Gasteiger partial charge in [0.15, 0.2) is 0 Å². The molecule has 1 aromatic heterocycles. The number of likely N-dealkylation sites (tertiary alicyclic amines) is 1. The van der Waals surface area contributed by atoms with Crippen LogP contribution in [0.5, 0.6) is 0 Å². The molecule has 2 rings (SSSR count). The molecule has 1 aliphatic heterocycles. The van der Waals surface area contributed by atoms with Gasteiger partial charge in [-0.25, -0.2) is 4.98 Å². The average molecular weight is 293 g/mol. The number of hydrogen-bond acceptors (Lipinski definition) is 4. The summed E-state index contributed by atoms with van der Waals surface area (Å²) in [5.41, 5.74) is 0. The second-order valence-corrected chi connectivity index (χ2v) is 5.30. The van der Waals surface area contributed by atoms with Crippen LogP contribution in [0.1, 0.15) is 38.5 Å². The lowest BCUT2D eigenvalue weighted by Gasteiger charge is -2.20. The fourth-order valence-electron chi connectivity index (χ4n) is 2.45. The van der Waals surface area contributed by atoms with Gasteiger partial charge >= 0.3 is 0 Å². The molecule has 1 fully saturated rings. The molecular formula is C14H23N5O2. The molecular weight excluding hydrogens is 270 g/mol. The highest BCUT2D eigenvalue weighted by Crippen LogP contribution is 2.11. The van der Waals surface area contributed by atoms with Gasteiger partial charge in [0, 0.05) is 32.5 Å². The molecule has 0 spiro atoms. The zero-order valence-electron chi connectivity index (χ0n) is 12.3. The summed E-state index contributed by atoms with van der Waals surface area (Å²) in [7, 11) is 0. The topological polar surface area (TPSA) is 80.1 Å². The number of nitrogens with one attached hydrogen (secondary N) is 1. The summed E-state index contributed by atoms with van der Waals surface area (Å²) < 4.78 is 1.66. The first-order chi connectivity index (χ1) is 10.3. The van der Waals surface area contributed by atoms with E-state index in [1.807, 2.05) is 4.90 Å². The Bertz CT molecular complexity index is 438. The van der Waals surface area contributed by atoms with Crippen molar-refractivity contribution in [2.45, 2.75) is 45.1 Å². The second-order valence-electron chi connectivity index (χ2n) is 5.30. The molecule has 0 radical (unpaired) electrons. The Kier molecular flexibility index (Phi) is 6.18. The Morgan fingerprint density at radius 3 is 2.52 bits per heavy atom. The maximum absolute atomic E-state index is 12.0. The number of carbonyl (C=O) groups excluding carboxylic acids is 2. The number of nitrogens with zero attached hydrogens (tertiary/aromatic N) is 4. The van der Waals surface area contributed by atoms with Crippen molar-refractivity contribution in [1.82, 2.24) is 25.0 Å². The van der Waals surface area contributed by atoms with Crippen LogP contribution in [0.15, 0.2) is 12.7 Å². The van der Waals surface area contributed by atoms with Crippen molar-refractivity contribution < 1.29 is 9.59 Å². The molecule has 7 nitrogen and oxygen atoms in total. The molecule has 0 unspecified atom stereocenters. The number of amides is 2. The van der Waals surface area contributed by atoms with Crippen LogP contribution in [0.4, 0.5) is 0 Å². The molecule has 1 aromatic rings. The van der Waals surface area contributed by atoms with Gasteiger partial charge in [0.2, 0.25) is 11.8 Å². The summed E-state index contributed by atoms with van der Waals surface area (Å²) in [6.45, 7) is 2.77. The third kappa shape index (κ3) is 5.53. The minimum absolute atomic E-state index is 0.0849. The molecule has 7 heteroatoms. The van der Waals surface area contributed by atoms with Crippen LogP contribution < -0.4 is 5.32 Å². The second kappa shape index (κ2) is 8.39. The third-order valence-corrected chi connectivity index (χ3v) is 3.65. The van der Waals surface area contributed by atoms with E-state index < -0.39 is 0 Å². The normalized spacial score (nSPS) is 15.5. The zero-order valence-corrected chi connectivity index (χ0v) is 12.3. The quantitative estimate of drug-likeness (QED) is 0.832. The maximum atomic E-state index is 12.0. The minimum atomic E-state index is -0.0849. The molecule has 21 heavy (non-hydrogen) atoms. The van der Waals surface area contributed by atoms with Gasteiger partial charge < -0.3 is 10.2 Å². The summed E-state index contributed by atoms with van der Waals surface area (Å²) in [6, 6.07) is 0. The van der Waals surface area contributed by atoms with E-state index in [4.69, 9.17) is 0 Å². The van der Waals surface area contributed by atoms with E-state index in [0.29, 0.717) is 19.5 Å². The van der Waals surface area contributed by atoms with Crippen LogP contribution in [0.2, 0.25) is 0 Å². The Balaban J connectivity index is 1.60. The van der Waals surface area contributed by atoms with E-state index in [9.17, 15) is 9.59 Å². The highest BCUT2D eigenvalue weighted by molar-refractivity contribution is 5.83. The fourth-order valence-corrected chi connectivity index (χ4v) is 2.45. The molecule has 1 N–H and O–H groups in total. The lowest BCUT2D eigenvalue weighted by molar-refractivity contribution is -0.133. The molecule has 1 aliphatic rings. The van der Waals surface area contributed by atoms with E-state index >= 15 is 0 Å². The molecule has 0 saturated carbocycles. The van der Waals surface area contributed by atoms with Crippen molar-refractivity contribution in [2.24, 2.45) is 0 Å². The lowest BCUT2D eigenvalue weighted by Crippen LogP contribution is -2.33. The van der Waals surface area contributed by atoms with Gasteiger partial charge in [0.1, 0.15) is 12.7 Å². The largest absolute Gasteiger partial charge is 0.354 e. The molecule has 2 heterocycles. The number of carbonyl (C=O) groups is 2. The van der Waals surface area contributed by atoms with E-state index in [0.717, 1.165) is 25.9 Å². The highest BCUT2D eigenvalue weighted by Gasteiger charge is 2.16. The SMILES string of the molecule is O=C(CCC(=O)N1CCCCCC1)NCCn1cncn1. The van der Waals surface area contributed by atoms with Crippen LogP contribution in [-0.4, -0.2) is 51.1 Å². The Labute approximate surface area is 124 Å². The molecule has 0 atom stereocenters. The van der Waals surface area contributed by atoms with Gasteiger partial charge in [-0.1, -0.05) is 12.8 Å². The van der Waals surface area contributed by atoms with Gasteiger partial charge in [-0.3, -0.25) is 14.3 Å². The Hall–Kier alpha value is -1.92. The lowest BCUT2D eigenvalue weighted by atomic mass is 10.2. The first-order valence-electron chi connectivity index (χ1n) is 7.62. The van der Waals surface area contributed by atoms with Crippen LogP contribution in [0, 0.1) is 0 Å². The summed E-state index contributed by atoms with van der Waals surface area (Å²) in [5, 5.41) is 6.74. The predicted octanol–water partition coefficient (Wildman–Crippen LogP) is 0.577. The number of aromatic nitrogens is 3. The van der Waals surface area contributed by atoms with Crippen LogP contribution in [-0.2, 0) is 16.1 Å². The molecule has 0 bridgehead atoms.